The second kappa shape index (κ2) is 8.55. The van der Waals surface area contributed by atoms with Crippen LogP contribution in [0.1, 0.15) is 60.9 Å². The number of nitrogens with one attached hydrogen (secondary N) is 1. The third-order valence-electron chi connectivity index (χ3n) is 7.04. The van der Waals surface area contributed by atoms with Gasteiger partial charge in [-0.05, 0) is 45.7 Å². The molecule has 0 bridgehead atoms. The van der Waals surface area contributed by atoms with E-state index in [4.69, 9.17) is 0 Å². The Kier molecular flexibility index (Phi) is 5.57. The van der Waals surface area contributed by atoms with Gasteiger partial charge in [0.15, 0.2) is 0 Å². The van der Waals surface area contributed by atoms with E-state index in [0.29, 0.717) is 13.0 Å². The lowest BCUT2D eigenvalue weighted by atomic mass is 9.83. The number of amides is 1. The van der Waals surface area contributed by atoms with E-state index in [1.54, 1.807) is 0 Å². The summed E-state index contributed by atoms with van der Waals surface area (Å²) >= 11 is 0. The first-order valence-corrected chi connectivity index (χ1v) is 11.9. The van der Waals surface area contributed by atoms with Crippen molar-refractivity contribution in [2.45, 2.75) is 51.5 Å². The first kappa shape index (κ1) is 21.5. The average Bonchev–Trinajstić information content (AvgIpc) is 3.25. The number of fused-ring (bicyclic) bond motifs is 2. The van der Waals surface area contributed by atoms with Crippen molar-refractivity contribution < 1.29 is 4.79 Å². The molecule has 1 N–H and O–H groups in total. The molecule has 0 fully saturated rings. The van der Waals surface area contributed by atoms with Crippen LogP contribution in [0.5, 0.6) is 0 Å². The average molecular weight is 437 g/mol. The van der Waals surface area contributed by atoms with Crippen LogP contribution in [-0.4, -0.2) is 22.3 Å². The van der Waals surface area contributed by atoms with Crippen LogP contribution in [0.25, 0.3) is 10.9 Å². The topological polar surface area (TPSA) is 36.1 Å². The van der Waals surface area contributed by atoms with E-state index in [1.807, 2.05) is 11.0 Å². The SMILES string of the molecule is CC(C)(C)c1ccc([C@H](CC(=O)N2CCc3ccccc3C2)c2c[nH]c3ccccc23)cc1. The summed E-state index contributed by atoms with van der Waals surface area (Å²) in [5.74, 6) is 0.236. The van der Waals surface area contributed by atoms with Crippen LogP contribution < -0.4 is 0 Å². The summed E-state index contributed by atoms with van der Waals surface area (Å²) in [7, 11) is 0. The quantitative estimate of drug-likeness (QED) is 0.386. The number of benzene rings is 3. The maximum atomic E-state index is 13.6. The lowest BCUT2D eigenvalue weighted by Crippen LogP contribution is -2.36. The number of hydrogen-bond donors (Lipinski definition) is 1. The number of rotatable bonds is 4. The Morgan fingerprint density at radius 1 is 0.939 bits per heavy atom. The van der Waals surface area contributed by atoms with E-state index >= 15 is 0 Å². The minimum Gasteiger partial charge on any atom is -0.361 e. The van der Waals surface area contributed by atoms with Gasteiger partial charge in [0.25, 0.3) is 0 Å². The van der Waals surface area contributed by atoms with Gasteiger partial charge in [0.2, 0.25) is 5.91 Å². The molecule has 3 nitrogen and oxygen atoms in total. The fourth-order valence-electron chi connectivity index (χ4n) is 5.02. The van der Waals surface area contributed by atoms with Gasteiger partial charge in [0, 0.05) is 42.5 Å². The molecule has 1 amide bonds. The van der Waals surface area contributed by atoms with Crippen molar-refractivity contribution in [1.29, 1.82) is 0 Å². The lowest BCUT2D eigenvalue weighted by Gasteiger charge is -2.30. The molecule has 0 saturated carbocycles. The smallest absolute Gasteiger partial charge is 0.223 e. The molecule has 0 unspecified atom stereocenters. The van der Waals surface area contributed by atoms with Gasteiger partial charge in [-0.3, -0.25) is 4.79 Å². The maximum absolute atomic E-state index is 13.6. The number of aromatic nitrogens is 1. The minimum absolute atomic E-state index is 0.0137. The molecule has 0 aliphatic carbocycles. The summed E-state index contributed by atoms with van der Waals surface area (Å²) in [4.78, 5) is 19.0. The van der Waals surface area contributed by atoms with Gasteiger partial charge >= 0.3 is 0 Å². The molecule has 33 heavy (non-hydrogen) atoms. The highest BCUT2D eigenvalue weighted by molar-refractivity contribution is 5.86. The molecular formula is C30H32N2O. The summed E-state index contributed by atoms with van der Waals surface area (Å²) in [6, 6.07) is 25.7. The fourth-order valence-corrected chi connectivity index (χ4v) is 5.02. The van der Waals surface area contributed by atoms with Crippen LogP contribution in [0.4, 0.5) is 0 Å². The number of carbonyl (C=O) groups is 1. The fraction of sp³-hybridized carbons (Fsp3) is 0.300. The van der Waals surface area contributed by atoms with Gasteiger partial charge < -0.3 is 9.88 Å². The van der Waals surface area contributed by atoms with Crippen LogP contribution >= 0.6 is 0 Å². The molecule has 0 radical (unpaired) electrons. The molecule has 1 aromatic heterocycles. The normalized spacial score (nSPS) is 14.8. The van der Waals surface area contributed by atoms with Gasteiger partial charge in [-0.15, -0.1) is 0 Å². The van der Waals surface area contributed by atoms with Gasteiger partial charge in [-0.25, -0.2) is 0 Å². The van der Waals surface area contributed by atoms with Crippen molar-refractivity contribution in [3.8, 4) is 0 Å². The molecule has 168 valence electrons. The van der Waals surface area contributed by atoms with Gasteiger partial charge in [-0.1, -0.05) is 87.5 Å². The van der Waals surface area contributed by atoms with E-state index in [9.17, 15) is 4.79 Å². The molecule has 1 aliphatic heterocycles. The molecule has 2 heterocycles. The summed E-state index contributed by atoms with van der Waals surface area (Å²) in [6.45, 7) is 8.20. The zero-order chi connectivity index (χ0) is 23.0. The van der Waals surface area contributed by atoms with E-state index < -0.39 is 0 Å². The third kappa shape index (κ3) is 4.32. The van der Waals surface area contributed by atoms with Crippen LogP contribution in [0, 0.1) is 0 Å². The molecule has 1 atom stereocenters. The molecular weight excluding hydrogens is 404 g/mol. The standard InChI is InChI=1S/C30H32N2O/c1-30(2,3)24-14-12-22(13-15-24)26(27-19-31-28-11-7-6-10-25(27)28)18-29(33)32-17-16-21-8-4-5-9-23(21)20-32/h4-15,19,26,31H,16-18,20H2,1-3H3/t26-/m0/s1. The third-order valence-corrected chi connectivity index (χ3v) is 7.04. The molecule has 0 spiro atoms. The Morgan fingerprint density at radius 3 is 2.39 bits per heavy atom. The predicted molar refractivity (Wildman–Crippen MR) is 135 cm³/mol. The Hall–Kier alpha value is -3.33. The number of hydrogen-bond acceptors (Lipinski definition) is 1. The van der Waals surface area contributed by atoms with Crippen molar-refractivity contribution in [2.24, 2.45) is 0 Å². The Bertz CT molecular complexity index is 1280. The van der Waals surface area contributed by atoms with Gasteiger partial charge in [0.05, 0.1) is 0 Å². The van der Waals surface area contributed by atoms with Crippen molar-refractivity contribution in [3.63, 3.8) is 0 Å². The van der Waals surface area contributed by atoms with E-state index in [-0.39, 0.29) is 17.2 Å². The van der Waals surface area contributed by atoms with Gasteiger partial charge in [0.1, 0.15) is 0 Å². The summed E-state index contributed by atoms with van der Waals surface area (Å²) in [5.41, 5.74) is 7.55. The van der Waals surface area contributed by atoms with Crippen molar-refractivity contribution in [2.75, 3.05) is 6.54 Å². The molecule has 0 saturated heterocycles. The maximum Gasteiger partial charge on any atom is 0.223 e. The molecule has 5 rings (SSSR count). The zero-order valence-electron chi connectivity index (χ0n) is 19.8. The van der Waals surface area contributed by atoms with Crippen LogP contribution in [0.15, 0.2) is 79.0 Å². The Balaban J connectivity index is 1.47. The Morgan fingerprint density at radius 2 is 1.64 bits per heavy atom. The van der Waals surface area contributed by atoms with Crippen molar-refractivity contribution in [1.82, 2.24) is 9.88 Å². The number of para-hydroxylation sites is 1. The van der Waals surface area contributed by atoms with Crippen LogP contribution in [0.3, 0.4) is 0 Å². The monoisotopic (exact) mass is 436 g/mol. The number of carbonyl (C=O) groups excluding carboxylic acids is 1. The summed E-state index contributed by atoms with van der Waals surface area (Å²) in [5, 5.41) is 1.19. The molecule has 3 heteroatoms. The molecule has 3 aromatic carbocycles. The summed E-state index contributed by atoms with van der Waals surface area (Å²) in [6.07, 6.45) is 3.49. The number of H-pyrrole nitrogens is 1. The zero-order valence-corrected chi connectivity index (χ0v) is 19.8. The second-order valence-corrected chi connectivity index (χ2v) is 10.3. The lowest BCUT2D eigenvalue weighted by molar-refractivity contribution is -0.132. The first-order chi connectivity index (χ1) is 15.9. The number of nitrogens with zero attached hydrogens (tertiary/aromatic N) is 1. The highest BCUT2D eigenvalue weighted by Crippen LogP contribution is 2.35. The van der Waals surface area contributed by atoms with Crippen molar-refractivity contribution in [3.05, 3.63) is 107 Å². The van der Waals surface area contributed by atoms with E-state index in [1.165, 1.54) is 33.2 Å². The Labute approximate surface area is 196 Å². The number of aromatic amines is 1. The summed E-state index contributed by atoms with van der Waals surface area (Å²) < 4.78 is 0. The largest absolute Gasteiger partial charge is 0.361 e. The highest BCUT2D eigenvalue weighted by atomic mass is 16.2. The molecule has 1 aliphatic rings. The van der Waals surface area contributed by atoms with Crippen LogP contribution in [-0.2, 0) is 23.2 Å². The predicted octanol–water partition coefficient (Wildman–Crippen LogP) is 6.57. The first-order valence-electron chi connectivity index (χ1n) is 11.9. The van der Waals surface area contributed by atoms with Crippen LogP contribution in [0.2, 0.25) is 0 Å². The minimum atomic E-state index is 0.0137. The van der Waals surface area contributed by atoms with E-state index in [2.05, 4.69) is 98.7 Å². The second-order valence-electron chi connectivity index (χ2n) is 10.3. The highest BCUT2D eigenvalue weighted by Gasteiger charge is 2.27. The van der Waals surface area contributed by atoms with Gasteiger partial charge in [-0.2, -0.15) is 0 Å². The van der Waals surface area contributed by atoms with Crippen molar-refractivity contribution >= 4 is 16.8 Å². The van der Waals surface area contributed by atoms with E-state index in [0.717, 1.165) is 18.5 Å². The molecule has 4 aromatic rings.